The van der Waals surface area contributed by atoms with E-state index in [0.717, 1.165) is 12.1 Å². The summed E-state index contributed by atoms with van der Waals surface area (Å²) in [5, 5.41) is 4.45. The van der Waals surface area contributed by atoms with E-state index in [0.29, 0.717) is 6.07 Å². The molecule has 25 heavy (non-hydrogen) atoms. The molecule has 0 aliphatic carbocycles. The molecule has 0 heterocycles. The summed E-state index contributed by atoms with van der Waals surface area (Å²) in [7, 11) is 0. The van der Waals surface area contributed by atoms with E-state index in [1.165, 1.54) is 12.1 Å². The maximum Gasteiger partial charge on any atom is 0.255 e. The highest BCUT2D eigenvalue weighted by molar-refractivity contribution is 6.33. The highest BCUT2D eigenvalue weighted by Crippen LogP contribution is 2.18. The van der Waals surface area contributed by atoms with Crippen LogP contribution in [0.15, 0.2) is 30.3 Å². The first-order valence-corrected chi connectivity index (χ1v) is 7.34. The molecule has 2 amide bonds. The normalized spacial score (nSPS) is 10.4. The lowest BCUT2D eigenvalue weighted by atomic mass is 10.2. The Balaban J connectivity index is 1.90. The molecule has 0 bridgehead atoms. The van der Waals surface area contributed by atoms with Gasteiger partial charge in [-0.2, -0.15) is 0 Å². The third-order valence-corrected chi connectivity index (χ3v) is 3.48. The molecule has 0 atom stereocenters. The summed E-state index contributed by atoms with van der Waals surface area (Å²) in [5.74, 6) is -7.37. The fraction of sp³-hybridized carbons (Fsp3) is 0.125. The number of nitrogens with one attached hydrogen (secondary N) is 2. The summed E-state index contributed by atoms with van der Waals surface area (Å²) in [6, 6.07) is 5.16. The van der Waals surface area contributed by atoms with Crippen molar-refractivity contribution in [3.63, 3.8) is 0 Å². The fourth-order valence-electron chi connectivity index (χ4n) is 1.95. The minimum absolute atomic E-state index is 0.0783. The first kappa shape index (κ1) is 18.7. The van der Waals surface area contributed by atoms with E-state index in [2.05, 4.69) is 10.6 Å². The molecule has 0 aliphatic rings. The van der Waals surface area contributed by atoms with Gasteiger partial charge in [0.2, 0.25) is 0 Å². The Hall–Kier alpha value is -2.61. The van der Waals surface area contributed by atoms with Crippen molar-refractivity contribution in [1.29, 1.82) is 0 Å². The number of carbonyl (C=O) groups is 2. The van der Waals surface area contributed by atoms with Gasteiger partial charge in [0.15, 0.2) is 17.5 Å². The molecule has 2 N–H and O–H groups in total. The Morgan fingerprint density at radius 2 is 1.48 bits per heavy atom. The predicted molar refractivity (Wildman–Crippen MR) is 82.4 cm³/mol. The van der Waals surface area contributed by atoms with E-state index in [-0.39, 0.29) is 23.7 Å². The van der Waals surface area contributed by atoms with Crippen LogP contribution in [0.25, 0.3) is 0 Å². The number of carbonyl (C=O) groups excluding carboxylic acids is 2. The molecule has 0 unspecified atom stereocenters. The van der Waals surface area contributed by atoms with Crippen LogP contribution in [-0.2, 0) is 0 Å². The zero-order chi connectivity index (χ0) is 18.6. The topological polar surface area (TPSA) is 58.2 Å². The lowest BCUT2D eigenvalue weighted by Gasteiger charge is -2.09. The average Bonchev–Trinajstić information content (AvgIpc) is 2.56. The quantitative estimate of drug-likeness (QED) is 0.480. The number of amides is 2. The summed E-state index contributed by atoms with van der Waals surface area (Å²) < 4.78 is 52.9. The minimum atomic E-state index is -1.75. The van der Waals surface area contributed by atoms with Crippen LogP contribution < -0.4 is 10.6 Å². The van der Waals surface area contributed by atoms with Gasteiger partial charge in [0.05, 0.1) is 16.1 Å². The van der Waals surface area contributed by atoms with Crippen molar-refractivity contribution in [3.8, 4) is 0 Å². The number of hydrogen-bond acceptors (Lipinski definition) is 2. The SMILES string of the molecule is O=C(NCCNC(=O)c1c(F)cccc1Cl)c1ccc(F)c(F)c1F. The smallest absolute Gasteiger partial charge is 0.255 e. The van der Waals surface area contributed by atoms with Crippen LogP contribution in [0.3, 0.4) is 0 Å². The summed E-state index contributed by atoms with van der Waals surface area (Å²) in [5.41, 5.74) is -1.02. The van der Waals surface area contributed by atoms with E-state index in [1.807, 2.05) is 0 Å². The van der Waals surface area contributed by atoms with Gasteiger partial charge in [-0.15, -0.1) is 0 Å². The van der Waals surface area contributed by atoms with Crippen LogP contribution in [0.2, 0.25) is 5.02 Å². The zero-order valence-corrected chi connectivity index (χ0v) is 13.3. The van der Waals surface area contributed by atoms with Crippen molar-refractivity contribution < 1.29 is 27.2 Å². The molecule has 0 aliphatic heterocycles. The molecule has 2 rings (SSSR count). The van der Waals surface area contributed by atoms with E-state index in [1.54, 1.807) is 0 Å². The van der Waals surface area contributed by atoms with Crippen LogP contribution in [0.1, 0.15) is 20.7 Å². The Labute approximate surface area is 144 Å². The standard InChI is InChI=1S/C16H11ClF4N2O2/c17-9-2-1-3-10(18)12(9)16(25)23-7-6-22-15(24)8-4-5-11(19)14(21)13(8)20/h1-5H,6-7H2,(H,22,24)(H,23,25). The molecule has 2 aromatic carbocycles. The Morgan fingerprint density at radius 3 is 2.12 bits per heavy atom. The minimum Gasteiger partial charge on any atom is -0.350 e. The van der Waals surface area contributed by atoms with Crippen molar-refractivity contribution in [2.75, 3.05) is 13.1 Å². The summed E-state index contributed by atoms with van der Waals surface area (Å²) in [6.07, 6.45) is 0. The van der Waals surface area contributed by atoms with Crippen LogP contribution in [0.4, 0.5) is 17.6 Å². The van der Waals surface area contributed by atoms with Gasteiger partial charge in [-0.05, 0) is 24.3 Å². The second-order valence-corrected chi connectivity index (χ2v) is 5.24. The molecule has 9 heteroatoms. The molecular weight excluding hydrogens is 364 g/mol. The molecule has 2 aromatic rings. The first-order valence-electron chi connectivity index (χ1n) is 6.96. The van der Waals surface area contributed by atoms with Gasteiger partial charge in [-0.25, -0.2) is 17.6 Å². The van der Waals surface area contributed by atoms with Crippen molar-refractivity contribution in [1.82, 2.24) is 10.6 Å². The van der Waals surface area contributed by atoms with E-state index in [4.69, 9.17) is 11.6 Å². The van der Waals surface area contributed by atoms with Crippen LogP contribution in [0, 0.1) is 23.3 Å². The highest BCUT2D eigenvalue weighted by Gasteiger charge is 2.19. The molecule has 132 valence electrons. The largest absolute Gasteiger partial charge is 0.350 e. The number of halogens is 5. The average molecular weight is 375 g/mol. The highest BCUT2D eigenvalue weighted by atomic mass is 35.5. The number of hydrogen-bond donors (Lipinski definition) is 2. The molecule has 0 aromatic heterocycles. The fourth-order valence-corrected chi connectivity index (χ4v) is 2.20. The van der Waals surface area contributed by atoms with Gasteiger partial charge in [0, 0.05) is 13.1 Å². The molecule has 0 spiro atoms. The molecular formula is C16H11ClF4N2O2. The lowest BCUT2D eigenvalue weighted by Crippen LogP contribution is -2.35. The van der Waals surface area contributed by atoms with Gasteiger partial charge in [0.1, 0.15) is 5.82 Å². The van der Waals surface area contributed by atoms with Gasteiger partial charge >= 0.3 is 0 Å². The van der Waals surface area contributed by atoms with Gasteiger partial charge < -0.3 is 10.6 Å². The first-order chi connectivity index (χ1) is 11.8. The summed E-state index contributed by atoms with van der Waals surface area (Å²) in [6.45, 7) is -0.282. The second-order valence-electron chi connectivity index (χ2n) is 4.83. The third-order valence-electron chi connectivity index (χ3n) is 3.17. The van der Waals surface area contributed by atoms with E-state index < -0.39 is 40.6 Å². The maximum absolute atomic E-state index is 13.6. The Bertz CT molecular complexity index is 810. The molecule has 0 saturated heterocycles. The van der Waals surface area contributed by atoms with E-state index >= 15 is 0 Å². The summed E-state index contributed by atoms with van der Waals surface area (Å²) in [4.78, 5) is 23.6. The van der Waals surface area contributed by atoms with Crippen molar-refractivity contribution in [2.24, 2.45) is 0 Å². The van der Waals surface area contributed by atoms with Crippen molar-refractivity contribution in [3.05, 3.63) is 69.8 Å². The molecule has 0 fully saturated rings. The maximum atomic E-state index is 13.6. The third kappa shape index (κ3) is 4.27. The monoisotopic (exact) mass is 374 g/mol. The summed E-state index contributed by atoms with van der Waals surface area (Å²) >= 11 is 5.73. The lowest BCUT2D eigenvalue weighted by molar-refractivity contribution is 0.0922. The number of rotatable bonds is 5. The Morgan fingerprint density at radius 1 is 0.840 bits per heavy atom. The van der Waals surface area contributed by atoms with Crippen molar-refractivity contribution in [2.45, 2.75) is 0 Å². The molecule has 4 nitrogen and oxygen atoms in total. The van der Waals surface area contributed by atoms with Crippen molar-refractivity contribution >= 4 is 23.4 Å². The van der Waals surface area contributed by atoms with E-state index in [9.17, 15) is 27.2 Å². The second kappa shape index (κ2) is 7.98. The predicted octanol–water partition coefficient (Wildman–Crippen LogP) is 3.06. The number of benzene rings is 2. The van der Waals surface area contributed by atoms with Gasteiger partial charge in [-0.1, -0.05) is 17.7 Å². The van der Waals surface area contributed by atoms with Crippen LogP contribution in [-0.4, -0.2) is 24.9 Å². The van der Waals surface area contributed by atoms with Crippen LogP contribution in [0.5, 0.6) is 0 Å². The van der Waals surface area contributed by atoms with Crippen LogP contribution >= 0.6 is 11.6 Å². The van der Waals surface area contributed by atoms with Gasteiger partial charge in [-0.3, -0.25) is 9.59 Å². The molecule has 0 saturated carbocycles. The zero-order valence-electron chi connectivity index (χ0n) is 12.5. The van der Waals surface area contributed by atoms with Gasteiger partial charge in [0.25, 0.3) is 11.8 Å². The molecule has 0 radical (unpaired) electrons. The Kier molecular flexibility index (Phi) is 5.97.